The number of hydrogen-bond donors (Lipinski definition) is 3. The summed E-state index contributed by atoms with van der Waals surface area (Å²) in [6, 6.07) is 9.84. The number of primary sulfonamides is 1. The summed E-state index contributed by atoms with van der Waals surface area (Å²) in [6.45, 7) is 0. The van der Waals surface area contributed by atoms with E-state index < -0.39 is 10.0 Å². The lowest BCUT2D eigenvalue weighted by Gasteiger charge is -2.20. The summed E-state index contributed by atoms with van der Waals surface area (Å²) in [5.74, 6) is 1.12. The van der Waals surface area contributed by atoms with Gasteiger partial charge in [0.2, 0.25) is 10.0 Å². The summed E-state index contributed by atoms with van der Waals surface area (Å²) in [6.07, 6.45) is 3.23. The fourth-order valence-corrected chi connectivity index (χ4v) is 3.43. The smallest absolute Gasteiger partial charge is 0.238 e. The number of ether oxygens (including phenoxy) is 2. The molecule has 0 aromatic heterocycles. The van der Waals surface area contributed by atoms with Crippen molar-refractivity contribution in [3.05, 3.63) is 53.1 Å². The predicted molar refractivity (Wildman–Crippen MR) is 108 cm³/mol. The molecule has 2 aromatic rings. The number of nitrogens with one attached hydrogen (secondary N) is 2. The Morgan fingerprint density at radius 3 is 2.39 bits per heavy atom. The third-order valence-electron chi connectivity index (χ3n) is 4.33. The van der Waals surface area contributed by atoms with Crippen molar-refractivity contribution in [1.29, 1.82) is 5.41 Å². The van der Waals surface area contributed by atoms with Gasteiger partial charge in [0.1, 0.15) is 0 Å². The molecular formula is C19H20N4O4S. The summed E-state index contributed by atoms with van der Waals surface area (Å²) < 4.78 is 33.5. The first kappa shape index (κ1) is 19.6. The number of rotatable bonds is 6. The summed E-state index contributed by atoms with van der Waals surface area (Å²) in [4.78, 5) is 4.37. The monoisotopic (exact) mass is 400 g/mol. The highest BCUT2D eigenvalue weighted by molar-refractivity contribution is 7.89. The van der Waals surface area contributed by atoms with Crippen LogP contribution in [0.3, 0.4) is 0 Å². The highest BCUT2D eigenvalue weighted by Gasteiger charge is 2.19. The fourth-order valence-electron chi connectivity index (χ4n) is 2.91. The first-order valence-corrected chi connectivity index (χ1v) is 9.83. The lowest BCUT2D eigenvalue weighted by Crippen LogP contribution is -2.17. The summed E-state index contributed by atoms with van der Waals surface area (Å²) in [5.41, 5.74) is 3.72. The van der Waals surface area contributed by atoms with Crippen molar-refractivity contribution in [2.45, 2.75) is 11.3 Å². The van der Waals surface area contributed by atoms with E-state index in [1.165, 1.54) is 18.3 Å². The van der Waals surface area contributed by atoms with Gasteiger partial charge in [-0.3, -0.25) is 0 Å². The van der Waals surface area contributed by atoms with Gasteiger partial charge in [0, 0.05) is 24.3 Å². The maximum Gasteiger partial charge on any atom is 0.238 e. The Labute approximate surface area is 163 Å². The van der Waals surface area contributed by atoms with E-state index in [-0.39, 0.29) is 4.90 Å². The molecule has 146 valence electrons. The minimum atomic E-state index is -3.74. The molecule has 2 aromatic carbocycles. The van der Waals surface area contributed by atoms with Crippen LogP contribution in [0, 0.1) is 5.41 Å². The molecule has 9 heteroatoms. The third-order valence-corrected chi connectivity index (χ3v) is 5.25. The molecule has 0 bridgehead atoms. The summed E-state index contributed by atoms with van der Waals surface area (Å²) in [7, 11) is -0.632. The number of hydrogen-bond acceptors (Lipinski definition) is 7. The van der Waals surface area contributed by atoms with E-state index >= 15 is 0 Å². The van der Waals surface area contributed by atoms with Crippen LogP contribution >= 0.6 is 0 Å². The van der Waals surface area contributed by atoms with Gasteiger partial charge >= 0.3 is 0 Å². The first-order chi connectivity index (χ1) is 13.4. The quantitative estimate of drug-likeness (QED) is 0.641. The van der Waals surface area contributed by atoms with Gasteiger partial charge in [0.15, 0.2) is 11.5 Å². The van der Waals surface area contributed by atoms with Crippen LogP contribution in [0.2, 0.25) is 0 Å². The molecule has 0 saturated heterocycles. The van der Waals surface area contributed by atoms with Gasteiger partial charge in [-0.2, -0.15) is 0 Å². The van der Waals surface area contributed by atoms with Gasteiger partial charge in [-0.1, -0.05) is 12.1 Å². The Morgan fingerprint density at radius 1 is 1.18 bits per heavy atom. The van der Waals surface area contributed by atoms with Crippen molar-refractivity contribution in [2.75, 3.05) is 14.2 Å². The van der Waals surface area contributed by atoms with Crippen LogP contribution in [0.1, 0.15) is 11.1 Å². The maximum absolute atomic E-state index is 11.4. The minimum Gasteiger partial charge on any atom is -0.493 e. The number of benzene rings is 2. The van der Waals surface area contributed by atoms with Crippen LogP contribution in [0.15, 0.2) is 51.9 Å². The zero-order valence-electron chi connectivity index (χ0n) is 15.4. The Bertz CT molecular complexity index is 1070. The van der Waals surface area contributed by atoms with Crippen molar-refractivity contribution < 1.29 is 17.9 Å². The van der Waals surface area contributed by atoms with Gasteiger partial charge in [-0.25, -0.2) is 18.5 Å². The number of sulfonamides is 1. The molecule has 0 aliphatic carbocycles. The first-order valence-electron chi connectivity index (χ1n) is 8.28. The van der Waals surface area contributed by atoms with E-state index in [0.29, 0.717) is 29.2 Å². The van der Waals surface area contributed by atoms with Crippen LogP contribution in [-0.4, -0.2) is 35.2 Å². The molecule has 0 spiro atoms. The second-order valence-electron chi connectivity index (χ2n) is 6.04. The van der Waals surface area contributed by atoms with E-state index in [9.17, 15) is 8.42 Å². The Kier molecular flexibility index (Phi) is 5.48. The lowest BCUT2D eigenvalue weighted by atomic mass is 9.98. The van der Waals surface area contributed by atoms with Gasteiger partial charge in [0.05, 0.1) is 36.8 Å². The fraction of sp³-hybridized carbons (Fsp3) is 0.158. The van der Waals surface area contributed by atoms with Crippen LogP contribution in [-0.2, 0) is 16.4 Å². The molecule has 1 aliphatic rings. The van der Waals surface area contributed by atoms with E-state index in [0.717, 1.165) is 16.8 Å². The molecule has 0 unspecified atom stereocenters. The van der Waals surface area contributed by atoms with Crippen LogP contribution in [0.5, 0.6) is 11.5 Å². The number of methoxy groups -OCH3 is 2. The van der Waals surface area contributed by atoms with E-state index in [4.69, 9.17) is 20.0 Å². The lowest BCUT2D eigenvalue weighted by molar-refractivity contribution is 0.355. The Hall–Kier alpha value is -3.17. The zero-order chi connectivity index (χ0) is 20.3. The van der Waals surface area contributed by atoms with Crippen molar-refractivity contribution in [3.8, 4) is 11.5 Å². The van der Waals surface area contributed by atoms with Crippen molar-refractivity contribution >= 4 is 34.0 Å². The second-order valence-corrected chi connectivity index (χ2v) is 7.60. The molecule has 28 heavy (non-hydrogen) atoms. The number of fused-ring (bicyclic) bond motifs is 1. The van der Waals surface area contributed by atoms with E-state index in [1.807, 2.05) is 0 Å². The minimum absolute atomic E-state index is 0.0467. The number of aliphatic imine (C=N–C) groups is 1. The number of nitrogens with zero attached hydrogens (tertiary/aromatic N) is 1. The van der Waals surface area contributed by atoms with Crippen molar-refractivity contribution in [3.63, 3.8) is 0 Å². The highest BCUT2D eigenvalue weighted by atomic mass is 32.2. The SMILES string of the molecule is COc1cc2c(cc1OC)/C(=C(/C=N)Cc1ccc(S(N)(=O)=O)cc1)NC=N2. The Morgan fingerprint density at radius 2 is 1.82 bits per heavy atom. The summed E-state index contributed by atoms with van der Waals surface area (Å²) >= 11 is 0. The second kappa shape index (κ2) is 7.83. The molecule has 0 atom stereocenters. The van der Waals surface area contributed by atoms with E-state index in [2.05, 4.69) is 10.3 Å². The van der Waals surface area contributed by atoms with Gasteiger partial charge < -0.3 is 20.2 Å². The third kappa shape index (κ3) is 3.90. The molecule has 1 aliphatic heterocycles. The molecule has 1 heterocycles. The zero-order valence-corrected chi connectivity index (χ0v) is 16.2. The summed E-state index contributed by atoms with van der Waals surface area (Å²) in [5, 5.41) is 16.1. The predicted octanol–water partition coefficient (Wildman–Crippen LogP) is 2.22. The van der Waals surface area contributed by atoms with Gasteiger partial charge in [-0.05, 0) is 29.3 Å². The molecule has 0 radical (unpaired) electrons. The molecule has 0 amide bonds. The highest BCUT2D eigenvalue weighted by Crippen LogP contribution is 2.39. The number of nitrogens with two attached hydrogens (primary N) is 1. The standard InChI is InChI=1S/C19H20N4O4S/c1-26-17-8-15-16(9-18(17)27-2)22-11-23-19(15)13(10-20)7-12-3-5-14(6-4-12)28(21,24)25/h3-6,8-11,20H,7H2,1-2H3,(H,22,23)(H2,21,24,25)/b19-13-,20-10?. The van der Waals surface area contributed by atoms with Crippen LogP contribution < -0.4 is 19.9 Å². The molecule has 4 N–H and O–H groups in total. The topological polar surface area (TPSA) is 127 Å². The molecular weight excluding hydrogens is 380 g/mol. The van der Waals surface area contributed by atoms with Crippen molar-refractivity contribution in [1.82, 2.24) is 5.32 Å². The van der Waals surface area contributed by atoms with Gasteiger partial charge in [-0.15, -0.1) is 0 Å². The number of allylic oxidation sites excluding steroid dienone is 1. The molecule has 0 fully saturated rings. The van der Waals surface area contributed by atoms with Crippen LogP contribution in [0.4, 0.5) is 5.69 Å². The average Bonchev–Trinajstić information content (AvgIpc) is 2.70. The maximum atomic E-state index is 11.4. The van der Waals surface area contributed by atoms with Crippen LogP contribution in [0.25, 0.3) is 5.70 Å². The van der Waals surface area contributed by atoms with Gasteiger partial charge in [0.25, 0.3) is 0 Å². The molecule has 3 rings (SSSR count). The van der Waals surface area contributed by atoms with E-state index in [1.54, 1.807) is 44.8 Å². The largest absolute Gasteiger partial charge is 0.493 e. The Balaban J connectivity index is 2.02. The molecule has 0 saturated carbocycles. The van der Waals surface area contributed by atoms with Crippen molar-refractivity contribution in [2.24, 2.45) is 10.1 Å². The normalized spacial score (nSPS) is 14.7. The molecule has 8 nitrogen and oxygen atoms in total. The average molecular weight is 400 g/mol.